The van der Waals surface area contributed by atoms with Gasteiger partial charge in [0.15, 0.2) is 0 Å². The summed E-state index contributed by atoms with van der Waals surface area (Å²) in [5.74, 6) is 0. The fourth-order valence-corrected chi connectivity index (χ4v) is 5.81. The molecule has 0 saturated carbocycles. The van der Waals surface area contributed by atoms with Gasteiger partial charge in [0, 0.05) is 21.5 Å². The Hall–Kier alpha value is -4.56. The third kappa shape index (κ3) is 3.20. The molecule has 0 amide bonds. The standard InChI is InChI=1S/C36H26O2/c1-36(2,3)27-12-11-24-16-29-31-20-34-30(19-35(31)38-33(29)18-26(24)14-27)28-15-23-10-9-22(21-7-5-4-6-8-21)13-25(23)17-32(28)37-34/h4-20H,1-3H3. The van der Waals surface area contributed by atoms with Gasteiger partial charge in [0.25, 0.3) is 0 Å². The number of fused-ring (bicyclic) bond motifs is 8. The first-order chi connectivity index (χ1) is 18.4. The molecule has 182 valence electrons. The monoisotopic (exact) mass is 490 g/mol. The first kappa shape index (κ1) is 21.5. The predicted octanol–water partition coefficient (Wildman–Crippen LogP) is 10.8. The van der Waals surface area contributed by atoms with Crippen molar-refractivity contribution in [2.45, 2.75) is 26.2 Å². The molecule has 0 fully saturated rings. The highest BCUT2D eigenvalue weighted by molar-refractivity contribution is 6.18. The largest absolute Gasteiger partial charge is 0.456 e. The topological polar surface area (TPSA) is 26.3 Å². The first-order valence-electron chi connectivity index (χ1n) is 13.2. The Kier molecular flexibility index (Phi) is 4.24. The molecule has 2 nitrogen and oxygen atoms in total. The van der Waals surface area contributed by atoms with Crippen LogP contribution in [-0.4, -0.2) is 0 Å². The Labute approximate surface area is 220 Å². The molecule has 0 bridgehead atoms. The van der Waals surface area contributed by atoms with Gasteiger partial charge in [-0.25, -0.2) is 0 Å². The van der Waals surface area contributed by atoms with Gasteiger partial charge in [-0.2, -0.15) is 0 Å². The maximum atomic E-state index is 6.43. The van der Waals surface area contributed by atoms with Gasteiger partial charge >= 0.3 is 0 Å². The summed E-state index contributed by atoms with van der Waals surface area (Å²) >= 11 is 0. The molecule has 0 saturated heterocycles. The molecule has 2 aromatic heterocycles. The summed E-state index contributed by atoms with van der Waals surface area (Å²) in [7, 11) is 0. The zero-order chi connectivity index (χ0) is 25.6. The minimum absolute atomic E-state index is 0.107. The van der Waals surface area contributed by atoms with E-state index >= 15 is 0 Å². The van der Waals surface area contributed by atoms with E-state index in [1.807, 2.05) is 6.07 Å². The van der Waals surface area contributed by atoms with Crippen molar-refractivity contribution < 1.29 is 8.83 Å². The van der Waals surface area contributed by atoms with Crippen molar-refractivity contribution in [3.8, 4) is 11.1 Å². The van der Waals surface area contributed by atoms with E-state index < -0.39 is 0 Å². The second-order valence-electron chi connectivity index (χ2n) is 11.5. The van der Waals surface area contributed by atoms with Gasteiger partial charge in [0.1, 0.15) is 22.3 Å². The predicted molar refractivity (Wildman–Crippen MR) is 160 cm³/mol. The fourth-order valence-electron chi connectivity index (χ4n) is 5.81. The molecule has 0 aliphatic heterocycles. The molecule has 0 unspecified atom stereocenters. The van der Waals surface area contributed by atoms with Crippen LogP contribution in [0.15, 0.2) is 112 Å². The third-order valence-electron chi connectivity index (χ3n) is 7.95. The summed E-state index contributed by atoms with van der Waals surface area (Å²) in [6.45, 7) is 6.75. The molecule has 0 radical (unpaired) electrons. The van der Waals surface area contributed by atoms with Crippen LogP contribution in [0.3, 0.4) is 0 Å². The van der Waals surface area contributed by atoms with Gasteiger partial charge in [-0.05, 0) is 86.1 Å². The van der Waals surface area contributed by atoms with E-state index in [0.29, 0.717) is 0 Å². The summed E-state index contributed by atoms with van der Waals surface area (Å²) in [6, 6.07) is 37.0. The number of hydrogen-bond donors (Lipinski definition) is 0. The summed E-state index contributed by atoms with van der Waals surface area (Å²) in [5.41, 5.74) is 7.44. The van der Waals surface area contributed by atoms with Crippen molar-refractivity contribution in [3.63, 3.8) is 0 Å². The Bertz CT molecular complexity index is 2200. The molecular formula is C36H26O2. The first-order valence-corrected chi connectivity index (χ1v) is 13.2. The average molecular weight is 491 g/mol. The van der Waals surface area contributed by atoms with Crippen LogP contribution in [0.25, 0.3) is 76.5 Å². The van der Waals surface area contributed by atoms with Crippen LogP contribution >= 0.6 is 0 Å². The van der Waals surface area contributed by atoms with E-state index in [2.05, 4.69) is 118 Å². The van der Waals surface area contributed by atoms with Crippen LogP contribution in [0.1, 0.15) is 26.3 Å². The van der Waals surface area contributed by atoms with Crippen LogP contribution < -0.4 is 0 Å². The van der Waals surface area contributed by atoms with Gasteiger partial charge in [-0.3, -0.25) is 0 Å². The molecule has 0 atom stereocenters. The molecule has 38 heavy (non-hydrogen) atoms. The second kappa shape index (κ2) is 7.49. The van der Waals surface area contributed by atoms with Crippen molar-refractivity contribution in [2.75, 3.05) is 0 Å². The van der Waals surface area contributed by atoms with Crippen molar-refractivity contribution in [3.05, 3.63) is 109 Å². The van der Waals surface area contributed by atoms with Crippen LogP contribution in [0.5, 0.6) is 0 Å². The van der Waals surface area contributed by atoms with Gasteiger partial charge in [0.05, 0.1) is 0 Å². The lowest BCUT2D eigenvalue weighted by Gasteiger charge is -2.19. The number of hydrogen-bond acceptors (Lipinski definition) is 2. The molecule has 6 aromatic carbocycles. The van der Waals surface area contributed by atoms with E-state index in [4.69, 9.17) is 8.83 Å². The molecule has 2 heteroatoms. The molecule has 0 aliphatic rings. The molecule has 0 aliphatic carbocycles. The van der Waals surface area contributed by atoms with Crippen molar-refractivity contribution in [2.24, 2.45) is 0 Å². The molecule has 8 aromatic rings. The summed E-state index contributed by atoms with van der Waals surface area (Å²) in [5, 5.41) is 9.21. The van der Waals surface area contributed by atoms with E-state index in [0.717, 1.165) is 43.9 Å². The highest BCUT2D eigenvalue weighted by Gasteiger charge is 2.17. The lowest BCUT2D eigenvalue weighted by molar-refractivity contribution is 0.591. The van der Waals surface area contributed by atoms with E-state index in [1.54, 1.807) is 0 Å². The van der Waals surface area contributed by atoms with Crippen LogP contribution in [-0.2, 0) is 5.41 Å². The Morgan fingerprint density at radius 1 is 0.421 bits per heavy atom. The lowest BCUT2D eigenvalue weighted by atomic mass is 9.86. The Balaban J connectivity index is 1.32. The fraction of sp³-hybridized carbons (Fsp3) is 0.111. The van der Waals surface area contributed by atoms with Crippen molar-refractivity contribution in [1.82, 2.24) is 0 Å². The van der Waals surface area contributed by atoms with E-state index in [-0.39, 0.29) is 5.41 Å². The minimum Gasteiger partial charge on any atom is -0.456 e. The van der Waals surface area contributed by atoms with Crippen molar-refractivity contribution >= 4 is 65.4 Å². The molecule has 0 N–H and O–H groups in total. The van der Waals surface area contributed by atoms with Gasteiger partial charge in [-0.15, -0.1) is 0 Å². The van der Waals surface area contributed by atoms with Crippen LogP contribution in [0.4, 0.5) is 0 Å². The number of rotatable bonds is 1. The van der Waals surface area contributed by atoms with Gasteiger partial charge in [-0.1, -0.05) is 81.4 Å². The zero-order valence-electron chi connectivity index (χ0n) is 21.6. The minimum atomic E-state index is 0.107. The quantitative estimate of drug-likeness (QED) is 0.229. The van der Waals surface area contributed by atoms with Crippen molar-refractivity contribution in [1.29, 1.82) is 0 Å². The average Bonchev–Trinajstić information content (AvgIpc) is 3.44. The van der Waals surface area contributed by atoms with E-state index in [9.17, 15) is 0 Å². The smallest absolute Gasteiger partial charge is 0.136 e. The Morgan fingerprint density at radius 2 is 0.947 bits per heavy atom. The molecule has 2 heterocycles. The maximum absolute atomic E-state index is 6.43. The molecular weight excluding hydrogens is 464 g/mol. The molecule has 8 rings (SSSR count). The number of benzene rings is 6. The summed E-state index contributed by atoms with van der Waals surface area (Å²) in [4.78, 5) is 0. The van der Waals surface area contributed by atoms with Crippen LogP contribution in [0, 0.1) is 0 Å². The highest BCUT2D eigenvalue weighted by atomic mass is 16.3. The maximum Gasteiger partial charge on any atom is 0.136 e. The summed E-state index contributed by atoms with van der Waals surface area (Å²) < 4.78 is 12.9. The molecule has 0 spiro atoms. The number of furan rings is 2. The van der Waals surface area contributed by atoms with Crippen LogP contribution in [0.2, 0.25) is 0 Å². The highest BCUT2D eigenvalue weighted by Crippen LogP contribution is 2.40. The van der Waals surface area contributed by atoms with E-state index in [1.165, 1.54) is 38.2 Å². The van der Waals surface area contributed by atoms with Gasteiger partial charge < -0.3 is 8.83 Å². The van der Waals surface area contributed by atoms with Gasteiger partial charge in [0.2, 0.25) is 0 Å². The second-order valence-corrected chi connectivity index (χ2v) is 11.5. The SMILES string of the molecule is CC(C)(C)c1ccc2cc3c(cc2c1)oc1cc2c(cc13)oc1cc3cc(-c4ccccc4)ccc3cc12. The third-order valence-corrected chi connectivity index (χ3v) is 7.95. The lowest BCUT2D eigenvalue weighted by Crippen LogP contribution is -2.10. The normalized spacial score (nSPS) is 12.6. The zero-order valence-corrected chi connectivity index (χ0v) is 21.6. The Morgan fingerprint density at radius 3 is 1.55 bits per heavy atom. The summed E-state index contributed by atoms with van der Waals surface area (Å²) in [6.07, 6.45) is 0.